The Kier molecular flexibility index (Phi) is 3.41. The number of hydrogen-bond donors (Lipinski definition) is 3. The zero-order valence-corrected chi connectivity index (χ0v) is 9.27. The molecule has 90 valence electrons. The average Bonchev–Trinajstić information content (AvgIpc) is 2.72. The Bertz CT molecular complexity index is 534. The molecule has 0 aliphatic heterocycles. The molecule has 0 fully saturated rings. The second kappa shape index (κ2) is 4.99. The van der Waals surface area contributed by atoms with Crippen LogP contribution >= 0.6 is 0 Å². The summed E-state index contributed by atoms with van der Waals surface area (Å²) in [5, 5.41) is 12.8. The van der Waals surface area contributed by atoms with Crippen LogP contribution in [0, 0.1) is 0 Å². The number of nitrogens with two attached hydrogens (primary N) is 1. The number of nitrogens with one attached hydrogen (secondary N) is 1. The molecule has 5 nitrogen and oxygen atoms in total. The molecule has 1 aromatic carbocycles. The summed E-state index contributed by atoms with van der Waals surface area (Å²) in [6.07, 6.45) is 0. The lowest BCUT2D eigenvalue weighted by molar-refractivity contribution is 0.0665. The topological polar surface area (TPSA) is 88.5 Å². The van der Waals surface area contributed by atoms with Gasteiger partial charge >= 0.3 is 5.97 Å². The van der Waals surface area contributed by atoms with Crippen molar-refractivity contribution >= 4 is 16.9 Å². The molecule has 0 unspecified atom stereocenters. The molecule has 17 heavy (non-hydrogen) atoms. The van der Waals surface area contributed by atoms with Gasteiger partial charge in [-0.1, -0.05) is 6.07 Å². The van der Waals surface area contributed by atoms with E-state index in [1.54, 1.807) is 6.07 Å². The Hall–Kier alpha value is -1.85. The number of fused-ring (bicyclic) bond motifs is 1. The van der Waals surface area contributed by atoms with Crippen LogP contribution in [0.1, 0.15) is 16.1 Å². The third kappa shape index (κ3) is 2.64. The van der Waals surface area contributed by atoms with E-state index in [9.17, 15) is 4.79 Å². The van der Waals surface area contributed by atoms with Crippen molar-refractivity contribution in [2.24, 2.45) is 5.73 Å². The molecule has 2 rings (SSSR count). The molecule has 5 heteroatoms. The minimum Gasteiger partial charge on any atom is -0.475 e. The lowest BCUT2D eigenvalue weighted by atomic mass is 10.1. The maximum Gasteiger partial charge on any atom is 0.371 e. The molecule has 0 saturated carbocycles. The Balaban J connectivity index is 2.21. The standard InChI is InChI=1S/C12H14N2O3/c13-3-4-14-7-8-1-2-10-9(5-8)6-11(17-10)12(15)16/h1-2,5-6,14H,3-4,7,13H2,(H,15,16). The second-order valence-electron chi connectivity index (χ2n) is 3.75. The minimum absolute atomic E-state index is 0.0351. The molecule has 0 saturated heterocycles. The van der Waals surface area contributed by atoms with Crippen LogP contribution in [0.25, 0.3) is 11.0 Å². The number of aromatic carboxylic acids is 1. The fraction of sp³-hybridized carbons (Fsp3) is 0.250. The molecule has 2 aromatic rings. The van der Waals surface area contributed by atoms with Gasteiger partial charge in [0.05, 0.1) is 0 Å². The molecule has 0 bridgehead atoms. The van der Waals surface area contributed by atoms with Crippen molar-refractivity contribution in [1.82, 2.24) is 5.32 Å². The van der Waals surface area contributed by atoms with Gasteiger partial charge in [0.2, 0.25) is 5.76 Å². The van der Waals surface area contributed by atoms with Crippen molar-refractivity contribution in [3.8, 4) is 0 Å². The quantitative estimate of drug-likeness (QED) is 0.676. The highest BCUT2D eigenvalue weighted by Gasteiger charge is 2.10. The second-order valence-corrected chi connectivity index (χ2v) is 3.75. The third-order valence-corrected chi connectivity index (χ3v) is 2.44. The highest BCUT2D eigenvalue weighted by Crippen LogP contribution is 2.20. The van der Waals surface area contributed by atoms with E-state index < -0.39 is 5.97 Å². The van der Waals surface area contributed by atoms with Crippen molar-refractivity contribution in [2.45, 2.75) is 6.54 Å². The zero-order valence-electron chi connectivity index (χ0n) is 9.27. The van der Waals surface area contributed by atoms with Crippen LogP contribution in [0.4, 0.5) is 0 Å². The average molecular weight is 234 g/mol. The van der Waals surface area contributed by atoms with Gasteiger partial charge in [0.25, 0.3) is 0 Å². The summed E-state index contributed by atoms with van der Waals surface area (Å²) < 4.78 is 5.17. The molecule has 0 aliphatic rings. The zero-order chi connectivity index (χ0) is 12.3. The first-order chi connectivity index (χ1) is 8.20. The van der Waals surface area contributed by atoms with E-state index in [0.29, 0.717) is 18.7 Å². The predicted molar refractivity (Wildman–Crippen MR) is 63.9 cm³/mol. The van der Waals surface area contributed by atoms with Crippen LogP contribution in [0.15, 0.2) is 28.7 Å². The molecule has 0 spiro atoms. The smallest absolute Gasteiger partial charge is 0.371 e. The number of carbonyl (C=O) groups is 1. The van der Waals surface area contributed by atoms with Crippen LogP contribution < -0.4 is 11.1 Å². The number of rotatable bonds is 5. The van der Waals surface area contributed by atoms with Crippen LogP contribution in [-0.2, 0) is 6.54 Å². The van der Waals surface area contributed by atoms with Gasteiger partial charge in [-0.15, -0.1) is 0 Å². The Morgan fingerprint density at radius 2 is 2.24 bits per heavy atom. The molecule has 4 N–H and O–H groups in total. The van der Waals surface area contributed by atoms with E-state index in [0.717, 1.165) is 17.5 Å². The van der Waals surface area contributed by atoms with Crippen molar-refractivity contribution in [3.63, 3.8) is 0 Å². The molecule has 0 atom stereocenters. The van der Waals surface area contributed by atoms with Gasteiger partial charge in [-0.25, -0.2) is 4.79 Å². The fourth-order valence-electron chi connectivity index (χ4n) is 1.64. The number of furan rings is 1. The molecule has 1 aromatic heterocycles. The van der Waals surface area contributed by atoms with Gasteiger partial charge in [-0.05, 0) is 23.8 Å². The van der Waals surface area contributed by atoms with Crippen molar-refractivity contribution in [3.05, 3.63) is 35.6 Å². The minimum atomic E-state index is -1.05. The van der Waals surface area contributed by atoms with Gasteiger partial charge in [0, 0.05) is 25.0 Å². The number of hydrogen-bond acceptors (Lipinski definition) is 4. The van der Waals surface area contributed by atoms with Crippen molar-refractivity contribution < 1.29 is 14.3 Å². The number of carboxylic acid groups (broad SMARTS) is 1. The normalized spacial score (nSPS) is 10.9. The fourth-order valence-corrected chi connectivity index (χ4v) is 1.64. The highest BCUT2D eigenvalue weighted by atomic mass is 16.4. The van der Waals surface area contributed by atoms with Crippen LogP contribution in [0.5, 0.6) is 0 Å². The van der Waals surface area contributed by atoms with Gasteiger partial charge in [-0.2, -0.15) is 0 Å². The number of carboxylic acids is 1. The van der Waals surface area contributed by atoms with Gasteiger partial charge < -0.3 is 20.6 Å². The third-order valence-electron chi connectivity index (χ3n) is 2.44. The van der Waals surface area contributed by atoms with Gasteiger partial charge in [0.1, 0.15) is 5.58 Å². The molecule has 0 aliphatic carbocycles. The maximum atomic E-state index is 10.7. The molecule has 0 radical (unpaired) electrons. The van der Waals surface area contributed by atoms with E-state index in [1.807, 2.05) is 12.1 Å². The van der Waals surface area contributed by atoms with E-state index in [-0.39, 0.29) is 5.76 Å². The summed E-state index contributed by atoms with van der Waals surface area (Å²) in [6, 6.07) is 7.13. The van der Waals surface area contributed by atoms with Crippen LogP contribution in [0.3, 0.4) is 0 Å². The first-order valence-electron chi connectivity index (χ1n) is 5.37. The largest absolute Gasteiger partial charge is 0.475 e. The first kappa shape index (κ1) is 11.6. The summed E-state index contributed by atoms with van der Waals surface area (Å²) in [4.78, 5) is 10.7. The summed E-state index contributed by atoms with van der Waals surface area (Å²) in [5.41, 5.74) is 7.04. The molecule has 0 amide bonds. The lowest BCUT2D eigenvalue weighted by Crippen LogP contribution is -2.21. The monoisotopic (exact) mass is 234 g/mol. The SMILES string of the molecule is NCCNCc1ccc2oc(C(=O)O)cc2c1. The summed E-state index contributed by atoms with van der Waals surface area (Å²) >= 11 is 0. The highest BCUT2D eigenvalue weighted by molar-refractivity contribution is 5.91. The molecule has 1 heterocycles. The summed E-state index contributed by atoms with van der Waals surface area (Å²) in [6.45, 7) is 2.06. The number of benzene rings is 1. The predicted octanol–water partition coefficient (Wildman–Crippen LogP) is 1.18. The Labute approximate surface area is 98.2 Å². The van der Waals surface area contributed by atoms with E-state index >= 15 is 0 Å². The van der Waals surface area contributed by atoms with Gasteiger partial charge in [0.15, 0.2) is 0 Å². The van der Waals surface area contributed by atoms with E-state index in [1.165, 1.54) is 6.07 Å². The van der Waals surface area contributed by atoms with Gasteiger partial charge in [-0.3, -0.25) is 0 Å². The Morgan fingerprint density at radius 3 is 2.94 bits per heavy atom. The summed E-state index contributed by atoms with van der Waals surface area (Å²) in [5.74, 6) is -1.09. The van der Waals surface area contributed by atoms with Crippen molar-refractivity contribution in [1.29, 1.82) is 0 Å². The van der Waals surface area contributed by atoms with Crippen LogP contribution in [0.2, 0.25) is 0 Å². The van der Waals surface area contributed by atoms with E-state index in [4.69, 9.17) is 15.3 Å². The molecular formula is C12H14N2O3. The van der Waals surface area contributed by atoms with E-state index in [2.05, 4.69) is 5.32 Å². The Morgan fingerprint density at radius 1 is 1.41 bits per heavy atom. The maximum absolute atomic E-state index is 10.7. The lowest BCUT2D eigenvalue weighted by Gasteiger charge is -2.02. The van der Waals surface area contributed by atoms with Crippen LogP contribution in [-0.4, -0.2) is 24.2 Å². The first-order valence-corrected chi connectivity index (χ1v) is 5.37. The molecular weight excluding hydrogens is 220 g/mol. The summed E-state index contributed by atoms with van der Waals surface area (Å²) in [7, 11) is 0. The van der Waals surface area contributed by atoms with Crippen molar-refractivity contribution in [2.75, 3.05) is 13.1 Å².